The second-order valence-corrected chi connectivity index (χ2v) is 7.13. The van der Waals surface area contributed by atoms with E-state index in [1.54, 1.807) is 4.90 Å². The first kappa shape index (κ1) is 15.3. The van der Waals surface area contributed by atoms with E-state index in [9.17, 15) is 9.59 Å². The molecule has 1 atom stereocenters. The van der Waals surface area contributed by atoms with E-state index in [0.29, 0.717) is 24.3 Å². The van der Waals surface area contributed by atoms with Gasteiger partial charge in [-0.05, 0) is 25.3 Å². The highest BCUT2D eigenvalue weighted by atomic mass is 32.1. The number of carbonyl (C=O) groups excluding carboxylic acids is 2. The van der Waals surface area contributed by atoms with Gasteiger partial charge in [-0.25, -0.2) is 4.98 Å². The number of amides is 2. The van der Waals surface area contributed by atoms with Crippen molar-refractivity contribution in [2.75, 3.05) is 13.1 Å². The predicted molar refractivity (Wildman–Crippen MR) is 92.0 cm³/mol. The molecule has 1 aromatic carbocycles. The molecule has 0 saturated carbocycles. The smallest absolute Gasteiger partial charge is 0.275 e. The fraction of sp³-hybridized carbons (Fsp3) is 0.389. The second kappa shape index (κ2) is 6.02. The first-order chi connectivity index (χ1) is 11.7. The van der Waals surface area contributed by atoms with Crippen LogP contribution in [-0.2, 0) is 6.42 Å². The molecule has 1 aromatic heterocycles. The average Bonchev–Trinajstić information content (AvgIpc) is 3.19. The molecule has 124 valence electrons. The van der Waals surface area contributed by atoms with E-state index < -0.39 is 0 Å². The molecular formula is C18H19N3O2S. The lowest BCUT2D eigenvalue weighted by Crippen LogP contribution is -2.48. The number of carbonyl (C=O) groups is 2. The van der Waals surface area contributed by atoms with Crippen LogP contribution in [0.4, 0.5) is 0 Å². The van der Waals surface area contributed by atoms with Gasteiger partial charge < -0.3 is 9.80 Å². The van der Waals surface area contributed by atoms with Crippen molar-refractivity contribution in [2.24, 2.45) is 0 Å². The third-order valence-corrected chi connectivity index (χ3v) is 5.52. The van der Waals surface area contributed by atoms with Crippen molar-refractivity contribution >= 4 is 23.2 Å². The molecule has 1 fully saturated rings. The monoisotopic (exact) mass is 341 g/mol. The standard InChI is InChI=1S/C18H19N3O2S/c1-2-6-15-19-14(11-24-15)18(23)21-10-5-9-20-16(21)12-7-3-4-8-13(12)17(20)22/h3-4,7-8,11,16H,2,5-6,9-10H2,1H3/t16-/m1/s1. The molecule has 24 heavy (non-hydrogen) atoms. The molecular weight excluding hydrogens is 322 g/mol. The van der Waals surface area contributed by atoms with E-state index in [4.69, 9.17) is 0 Å². The zero-order valence-corrected chi connectivity index (χ0v) is 14.4. The Morgan fingerprint density at radius 1 is 1.33 bits per heavy atom. The molecule has 2 aromatic rings. The zero-order valence-electron chi connectivity index (χ0n) is 13.6. The average molecular weight is 341 g/mol. The maximum absolute atomic E-state index is 13.0. The number of rotatable bonds is 3. The van der Waals surface area contributed by atoms with Crippen LogP contribution in [0.2, 0.25) is 0 Å². The molecule has 0 radical (unpaired) electrons. The number of thiazole rings is 1. The van der Waals surface area contributed by atoms with Crippen molar-refractivity contribution in [1.82, 2.24) is 14.8 Å². The van der Waals surface area contributed by atoms with E-state index in [2.05, 4.69) is 11.9 Å². The minimum Gasteiger partial charge on any atom is -0.314 e. The summed E-state index contributed by atoms with van der Waals surface area (Å²) in [6, 6.07) is 7.60. The molecule has 0 bridgehead atoms. The van der Waals surface area contributed by atoms with Crippen LogP contribution in [-0.4, -0.2) is 39.7 Å². The van der Waals surface area contributed by atoms with Gasteiger partial charge in [0.2, 0.25) is 0 Å². The molecule has 0 aliphatic carbocycles. The molecule has 0 N–H and O–H groups in total. The summed E-state index contributed by atoms with van der Waals surface area (Å²) in [7, 11) is 0. The molecule has 2 aliphatic heterocycles. The summed E-state index contributed by atoms with van der Waals surface area (Å²) < 4.78 is 0. The summed E-state index contributed by atoms with van der Waals surface area (Å²) >= 11 is 1.54. The highest BCUT2D eigenvalue weighted by Gasteiger charge is 2.44. The molecule has 6 heteroatoms. The summed E-state index contributed by atoms with van der Waals surface area (Å²) in [6.45, 7) is 3.45. The van der Waals surface area contributed by atoms with Crippen LogP contribution in [0.15, 0.2) is 29.6 Å². The van der Waals surface area contributed by atoms with Crippen LogP contribution in [0.1, 0.15) is 57.3 Å². The minimum absolute atomic E-state index is 0.0260. The number of aromatic nitrogens is 1. The highest BCUT2D eigenvalue weighted by Crippen LogP contribution is 2.39. The minimum atomic E-state index is -0.286. The van der Waals surface area contributed by atoms with Gasteiger partial charge in [0.1, 0.15) is 11.9 Å². The fourth-order valence-electron chi connectivity index (χ4n) is 3.54. The maximum Gasteiger partial charge on any atom is 0.275 e. The Morgan fingerprint density at radius 2 is 2.17 bits per heavy atom. The third kappa shape index (κ3) is 2.33. The van der Waals surface area contributed by atoms with Crippen LogP contribution in [0.3, 0.4) is 0 Å². The van der Waals surface area contributed by atoms with E-state index in [1.165, 1.54) is 11.3 Å². The molecule has 4 rings (SSSR count). The van der Waals surface area contributed by atoms with Crippen LogP contribution in [0.25, 0.3) is 0 Å². The SMILES string of the molecule is CCCc1nc(C(=O)N2CCCN3C(=O)c4ccccc4[C@@H]23)cs1. The second-order valence-electron chi connectivity index (χ2n) is 6.19. The largest absolute Gasteiger partial charge is 0.314 e. The number of hydrogen-bond donors (Lipinski definition) is 0. The third-order valence-electron chi connectivity index (χ3n) is 4.61. The van der Waals surface area contributed by atoms with Crippen molar-refractivity contribution in [2.45, 2.75) is 32.4 Å². The first-order valence-electron chi connectivity index (χ1n) is 8.36. The van der Waals surface area contributed by atoms with Crippen molar-refractivity contribution < 1.29 is 9.59 Å². The molecule has 1 saturated heterocycles. The Kier molecular flexibility index (Phi) is 3.84. The van der Waals surface area contributed by atoms with Gasteiger partial charge in [0.05, 0.1) is 5.01 Å². The summed E-state index contributed by atoms with van der Waals surface area (Å²) in [5.41, 5.74) is 2.15. The van der Waals surface area contributed by atoms with Gasteiger partial charge in [-0.2, -0.15) is 0 Å². The Balaban J connectivity index is 1.67. The van der Waals surface area contributed by atoms with Crippen LogP contribution in [0, 0.1) is 0 Å². The van der Waals surface area contributed by atoms with Crippen LogP contribution in [0.5, 0.6) is 0 Å². The molecule has 0 spiro atoms. The van der Waals surface area contributed by atoms with Gasteiger partial charge in [0.15, 0.2) is 0 Å². The highest BCUT2D eigenvalue weighted by molar-refractivity contribution is 7.09. The molecule has 0 unspecified atom stereocenters. The summed E-state index contributed by atoms with van der Waals surface area (Å²) in [4.78, 5) is 33.7. The number of benzene rings is 1. The van der Waals surface area contributed by atoms with Gasteiger partial charge in [-0.1, -0.05) is 25.1 Å². The predicted octanol–water partition coefficient (Wildman–Crippen LogP) is 3.10. The van der Waals surface area contributed by atoms with Crippen molar-refractivity contribution in [3.63, 3.8) is 0 Å². The van der Waals surface area contributed by atoms with E-state index in [0.717, 1.165) is 29.8 Å². The van der Waals surface area contributed by atoms with Gasteiger partial charge in [-0.3, -0.25) is 9.59 Å². The molecule has 3 heterocycles. The Morgan fingerprint density at radius 3 is 3.00 bits per heavy atom. The number of aryl methyl sites for hydroxylation is 1. The summed E-state index contributed by atoms with van der Waals surface area (Å²) in [5.74, 6) is -0.0501. The van der Waals surface area contributed by atoms with Crippen molar-refractivity contribution in [3.8, 4) is 0 Å². The van der Waals surface area contributed by atoms with Gasteiger partial charge >= 0.3 is 0 Å². The van der Waals surface area contributed by atoms with Crippen molar-refractivity contribution in [3.05, 3.63) is 51.5 Å². The molecule has 2 aliphatic rings. The van der Waals surface area contributed by atoms with E-state index >= 15 is 0 Å². The molecule has 2 amide bonds. The van der Waals surface area contributed by atoms with E-state index in [1.807, 2.05) is 34.5 Å². The zero-order chi connectivity index (χ0) is 16.7. The lowest BCUT2D eigenvalue weighted by molar-refractivity contribution is 0.0161. The lowest BCUT2D eigenvalue weighted by atomic mass is 10.1. The Labute approximate surface area is 144 Å². The van der Waals surface area contributed by atoms with Gasteiger partial charge in [0, 0.05) is 29.6 Å². The number of nitrogens with zero attached hydrogens (tertiary/aromatic N) is 3. The van der Waals surface area contributed by atoms with E-state index in [-0.39, 0.29) is 18.0 Å². The maximum atomic E-state index is 13.0. The van der Waals surface area contributed by atoms with Gasteiger partial charge in [0.25, 0.3) is 11.8 Å². The Bertz CT molecular complexity index is 801. The summed E-state index contributed by atoms with van der Waals surface area (Å²) in [6.07, 6.45) is 2.43. The normalized spacial score (nSPS) is 19.4. The Hall–Kier alpha value is -2.21. The topological polar surface area (TPSA) is 53.5 Å². The van der Waals surface area contributed by atoms with Gasteiger partial charge in [-0.15, -0.1) is 11.3 Å². The van der Waals surface area contributed by atoms with Crippen LogP contribution < -0.4 is 0 Å². The summed E-state index contributed by atoms with van der Waals surface area (Å²) in [5, 5.41) is 2.84. The first-order valence-corrected chi connectivity index (χ1v) is 9.24. The molecule has 5 nitrogen and oxygen atoms in total. The fourth-order valence-corrected chi connectivity index (χ4v) is 4.42. The quantitative estimate of drug-likeness (QED) is 0.862. The van der Waals surface area contributed by atoms with Crippen molar-refractivity contribution in [1.29, 1.82) is 0 Å². The number of hydrogen-bond acceptors (Lipinski definition) is 4. The number of fused-ring (bicyclic) bond motifs is 3. The van der Waals surface area contributed by atoms with Crippen LogP contribution >= 0.6 is 11.3 Å². The lowest BCUT2D eigenvalue weighted by Gasteiger charge is -2.39.